The van der Waals surface area contributed by atoms with E-state index < -0.39 is 28.3 Å². The predicted molar refractivity (Wildman–Crippen MR) is 104 cm³/mol. The van der Waals surface area contributed by atoms with E-state index in [0.717, 1.165) is 5.56 Å². The zero-order chi connectivity index (χ0) is 19.6. The maximum atomic E-state index is 12.8. The molecule has 0 saturated carbocycles. The van der Waals surface area contributed by atoms with Crippen LogP contribution in [-0.4, -0.2) is 44.1 Å². The Kier molecular flexibility index (Phi) is 6.04. The van der Waals surface area contributed by atoms with Crippen LogP contribution in [0.3, 0.4) is 0 Å². The first-order valence-corrected chi connectivity index (χ1v) is 9.96. The summed E-state index contributed by atoms with van der Waals surface area (Å²) in [6, 6.07) is 6.71. The summed E-state index contributed by atoms with van der Waals surface area (Å²) in [6.45, 7) is 9.90. The molecule has 1 fully saturated rings. The van der Waals surface area contributed by atoms with Gasteiger partial charge in [-0.15, -0.1) is 6.42 Å². The minimum atomic E-state index is -3.66. The van der Waals surface area contributed by atoms with Crippen molar-refractivity contribution < 1.29 is 17.7 Å². The maximum Gasteiger partial charge on any atom is 0.486 e. The van der Waals surface area contributed by atoms with E-state index in [-0.39, 0.29) is 18.0 Å². The first-order valence-electron chi connectivity index (χ1n) is 8.52. The highest BCUT2D eigenvalue weighted by atomic mass is 32.2. The first kappa shape index (κ1) is 20.7. The van der Waals surface area contributed by atoms with Gasteiger partial charge in [0.2, 0.25) is 10.0 Å². The average Bonchev–Trinajstić information content (AvgIpc) is 2.74. The van der Waals surface area contributed by atoms with Gasteiger partial charge >= 0.3 is 7.12 Å². The van der Waals surface area contributed by atoms with Crippen molar-refractivity contribution in [2.45, 2.75) is 50.7 Å². The van der Waals surface area contributed by atoms with Gasteiger partial charge in [0.15, 0.2) is 0 Å². The molecule has 0 spiro atoms. The number of hydrogen-bond acceptors (Lipinski definition) is 4. The van der Waals surface area contributed by atoms with Gasteiger partial charge in [0.25, 0.3) is 0 Å². The lowest BCUT2D eigenvalue weighted by atomic mass is 9.90. The Morgan fingerprint density at radius 1 is 1.15 bits per heavy atom. The van der Waals surface area contributed by atoms with Crippen LogP contribution in [-0.2, 0) is 19.3 Å². The fourth-order valence-corrected chi connectivity index (χ4v) is 3.77. The minimum Gasteiger partial charge on any atom is -0.400 e. The Morgan fingerprint density at radius 3 is 2.19 bits per heavy atom. The van der Waals surface area contributed by atoms with Crippen LogP contribution in [0.25, 0.3) is 0 Å². The molecule has 1 saturated heterocycles. The Morgan fingerprint density at radius 2 is 1.69 bits per heavy atom. The van der Waals surface area contributed by atoms with Crippen molar-refractivity contribution in [1.29, 1.82) is 0 Å². The summed E-state index contributed by atoms with van der Waals surface area (Å²) in [5, 5.41) is 0. The average molecular weight is 375 g/mol. The molecule has 0 bridgehead atoms. The normalized spacial score (nSPS) is 19.2. The molecule has 0 amide bonds. The molecule has 2 rings (SSSR count). The predicted octanol–water partition coefficient (Wildman–Crippen LogP) is 2.81. The summed E-state index contributed by atoms with van der Waals surface area (Å²) in [7, 11) is -4.18. The van der Waals surface area contributed by atoms with Crippen LogP contribution in [0.5, 0.6) is 0 Å². The standard InChI is InChI=1S/C19H26BNO4S/c1-7-14-21(26(22,23)17-11-9-16(2)10-12-17)15-8-13-20-24-18(3,4)19(5,6)25-20/h1,8-13H,14-15H2,2-6H3/b13-8-. The van der Waals surface area contributed by atoms with Crippen molar-refractivity contribution in [2.24, 2.45) is 0 Å². The Bertz CT molecular complexity index is 791. The molecule has 1 aromatic rings. The number of nitrogens with zero attached hydrogens (tertiary/aromatic N) is 1. The van der Waals surface area contributed by atoms with Crippen molar-refractivity contribution in [3.63, 3.8) is 0 Å². The van der Waals surface area contributed by atoms with Crippen LogP contribution in [0, 0.1) is 19.3 Å². The van der Waals surface area contributed by atoms with Crippen LogP contribution < -0.4 is 0 Å². The molecule has 140 valence electrons. The lowest BCUT2D eigenvalue weighted by Crippen LogP contribution is -2.41. The molecular weight excluding hydrogens is 349 g/mol. The zero-order valence-corrected chi connectivity index (χ0v) is 16.8. The van der Waals surface area contributed by atoms with Crippen molar-refractivity contribution in [3.8, 4) is 12.3 Å². The van der Waals surface area contributed by atoms with E-state index in [0.29, 0.717) is 0 Å². The number of terminal acetylenes is 1. The molecule has 0 N–H and O–H groups in total. The van der Waals surface area contributed by atoms with Gasteiger partial charge in [-0.3, -0.25) is 0 Å². The summed E-state index contributed by atoms with van der Waals surface area (Å²) >= 11 is 0. The molecule has 0 aromatic heterocycles. The summed E-state index contributed by atoms with van der Waals surface area (Å²) in [6.07, 6.45) is 7.08. The van der Waals surface area contributed by atoms with Gasteiger partial charge in [-0.05, 0) is 46.8 Å². The second kappa shape index (κ2) is 7.57. The Labute approximate surface area is 157 Å². The molecule has 26 heavy (non-hydrogen) atoms. The summed E-state index contributed by atoms with van der Waals surface area (Å²) in [5.74, 6) is 4.14. The highest BCUT2D eigenvalue weighted by molar-refractivity contribution is 7.89. The van der Waals surface area contributed by atoms with Gasteiger partial charge < -0.3 is 9.31 Å². The zero-order valence-electron chi connectivity index (χ0n) is 16.0. The molecule has 1 aromatic carbocycles. The second-order valence-electron chi connectivity index (χ2n) is 7.37. The number of sulfonamides is 1. The molecule has 0 unspecified atom stereocenters. The Hall–Kier alpha value is -1.59. The molecule has 1 heterocycles. The van der Waals surface area contributed by atoms with E-state index in [1.807, 2.05) is 34.6 Å². The van der Waals surface area contributed by atoms with Gasteiger partial charge in [-0.25, -0.2) is 8.42 Å². The SMILES string of the molecule is C#CCN(C/C=C\B1OC(C)(C)C(C)(C)O1)S(=O)(=O)c1ccc(C)cc1. The van der Waals surface area contributed by atoms with Crippen LogP contribution >= 0.6 is 0 Å². The summed E-state index contributed by atoms with van der Waals surface area (Å²) < 4.78 is 38.6. The van der Waals surface area contributed by atoms with E-state index in [1.165, 1.54) is 4.31 Å². The first-order chi connectivity index (χ1) is 12.0. The van der Waals surface area contributed by atoms with Gasteiger partial charge in [-0.1, -0.05) is 35.7 Å². The summed E-state index contributed by atoms with van der Waals surface area (Å²) in [4.78, 5) is 0.224. The smallest absolute Gasteiger partial charge is 0.400 e. The van der Waals surface area contributed by atoms with Gasteiger partial charge in [0.05, 0.1) is 22.6 Å². The highest BCUT2D eigenvalue weighted by Gasteiger charge is 2.50. The third-order valence-electron chi connectivity index (χ3n) is 4.80. The van der Waals surface area contributed by atoms with E-state index in [1.54, 1.807) is 36.3 Å². The lowest BCUT2D eigenvalue weighted by molar-refractivity contribution is 0.00578. The molecule has 0 aliphatic carbocycles. The molecule has 1 aliphatic rings. The van der Waals surface area contributed by atoms with Gasteiger partial charge in [0, 0.05) is 6.54 Å². The third kappa shape index (κ3) is 4.39. The molecule has 5 nitrogen and oxygen atoms in total. The topological polar surface area (TPSA) is 55.8 Å². The van der Waals surface area contributed by atoms with Crippen LogP contribution in [0.4, 0.5) is 0 Å². The second-order valence-corrected chi connectivity index (χ2v) is 9.31. The molecule has 0 radical (unpaired) electrons. The number of hydrogen-bond donors (Lipinski definition) is 0. The fraction of sp³-hybridized carbons (Fsp3) is 0.474. The van der Waals surface area contributed by atoms with E-state index >= 15 is 0 Å². The Balaban J connectivity index is 2.12. The van der Waals surface area contributed by atoms with Crippen molar-refractivity contribution in [3.05, 3.63) is 41.9 Å². The van der Waals surface area contributed by atoms with Crippen molar-refractivity contribution in [2.75, 3.05) is 13.1 Å². The van der Waals surface area contributed by atoms with Gasteiger partial charge in [-0.2, -0.15) is 4.31 Å². The fourth-order valence-electron chi connectivity index (χ4n) is 2.47. The molecule has 7 heteroatoms. The quantitative estimate of drug-likeness (QED) is 0.567. The molecule has 0 atom stereocenters. The largest absolute Gasteiger partial charge is 0.486 e. The van der Waals surface area contributed by atoms with Crippen LogP contribution in [0.2, 0.25) is 0 Å². The minimum absolute atomic E-state index is 0.0100. The number of rotatable bonds is 6. The van der Waals surface area contributed by atoms with Crippen molar-refractivity contribution >= 4 is 17.1 Å². The summed E-state index contributed by atoms with van der Waals surface area (Å²) in [5.41, 5.74) is 0.122. The third-order valence-corrected chi connectivity index (χ3v) is 6.63. The van der Waals surface area contributed by atoms with Crippen LogP contribution in [0.15, 0.2) is 41.2 Å². The van der Waals surface area contributed by atoms with Crippen molar-refractivity contribution in [1.82, 2.24) is 4.31 Å². The van der Waals surface area contributed by atoms with E-state index in [2.05, 4.69) is 5.92 Å². The van der Waals surface area contributed by atoms with Crippen LogP contribution in [0.1, 0.15) is 33.3 Å². The number of benzene rings is 1. The highest BCUT2D eigenvalue weighted by Crippen LogP contribution is 2.36. The van der Waals surface area contributed by atoms with Gasteiger partial charge in [0.1, 0.15) is 0 Å². The van der Waals surface area contributed by atoms with E-state index in [4.69, 9.17) is 15.7 Å². The van der Waals surface area contributed by atoms with E-state index in [9.17, 15) is 8.42 Å². The monoisotopic (exact) mass is 375 g/mol. The lowest BCUT2D eigenvalue weighted by Gasteiger charge is -2.32. The molecular formula is C19H26BNO4S. The molecule has 1 aliphatic heterocycles. The number of aryl methyl sites for hydroxylation is 1. The maximum absolute atomic E-state index is 12.8.